The number of aliphatic hydroxyl groups excluding tert-OH is 1. The molecule has 0 aromatic heterocycles. The maximum Gasteiger partial charge on any atom is 0.250 e. The number of ether oxygens (including phenoxy) is 2. The predicted molar refractivity (Wildman–Crippen MR) is 134 cm³/mol. The quantitative estimate of drug-likeness (QED) is 0.425. The van der Waals surface area contributed by atoms with Gasteiger partial charge in [0, 0.05) is 23.6 Å². The van der Waals surface area contributed by atoms with Gasteiger partial charge in [-0.1, -0.05) is 46.3 Å². The van der Waals surface area contributed by atoms with Crippen molar-refractivity contribution >= 4 is 39.3 Å². The lowest BCUT2D eigenvalue weighted by molar-refractivity contribution is -0.141. The van der Waals surface area contributed by atoms with Gasteiger partial charge in [-0.05, 0) is 36.2 Å². The number of carbonyl (C=O) groups excluding carboxylic acids is 3. The molecule has 3 fully saturated rings. The molecule has 3 amide bonds. The first-order chi connectivity index (χ1) is 17.4. The van der Waals surface area contributed by atoms with Crippen LogP contribution in [-0.2, 0) is 25.7 Å². The lowest BCUT2D eigenvalue weighted by atomic mass is 9.70. The van der Waals surface area contributed by atoms with Crippen LogP contribution in [0.5, 0.6) is 5.75 Å². The first kappa shape index (κ1) is 24.7. The molecule has 0 aliphatic carbocycles. The Morgan fingerprint density at radius 1 is 1.17 bits per heavy atom. The van der Waals surface area contributed by atoms with E-state index >= 15 is 0 Å². The predicted octanol–water partition coefficient (Wildman–Crippen LogP) is 1.69. The number of fused-ring (bicyclic) bond motifs is 1. The molecule has 0 radical (unpaired) electrons. The van der Waals surface area contributed by atoms with Crippen molar-refractivity contribution in [3.63, 3.8) is 0 Å². The average Bonchev–Trinajstić information content (AvgIpc) is 3.47. The Bertz CT molecular complexity index is 1150. The third kappa shape index (κ3) is 4.07. The molecule has 2 aromatic carbocycles. The van der Waals surface area contributed by atoms with Crippen LogP contribution in [0.4, 0.5) is 5.69 Å². The highest BCUT2D eigenvalue weighted by Gasteiger charge is 2.76. The van der Waals surface area contributed by atoms with Crippen LogP contribution in [0, 0.1) is 11.8 Å². The van der Waals surface area contributed by atoms with Crippen LogP contribution in [-0.4, -0.2) is 70.6 Å². The minimum absolute atomic E-state index is 0.0306. The molecule has 9 nitrogen and oxygen atoms in total. The number of aliphatic hydroxyl groups is 1. The summed E-state index contributed by atoms with van der Waals surface area (Å²) in [4.78, 5) is 41.8. The molecular weight excluding hydrogens is 530 g/mol. The van der Waals surface area contributed by atoms with Crippen LogP contribution < -0.4 is 15.4 Å². The fraction of sp³-hybridized carbons (Fsp3) is 0.423. The van der Waals surface area contributed by atoms with Gasteiger partial charge in [0.25, 0.3) is 0 Å². The Balaban J connectivity index is 1.42. The summed E-state index contributed by atoms with van der Waals surface area (Å²) in [5, 5.41) is 15.5. The van der Waals surface area contributed by atoms with Gasteiger partial charge in [-0.25, -0.2) is 0 Å². The number of hydrogen-bond acceptors (Lipinski definition) is 6. The zero-order valence-electron chi connectivity index (χ0n) is 19.7. The largest absolute Gasteiger partial charge is 0.497 e. The number of likely N-dealkylation sites (tertiary alicyclic amines) is 1. The number of β-amino-alcohol motifs (C(OH)–C–C–N with tert-alkyl or cyclic N) is 1. The second-order valence-corrected chi connectivity index (χ2v) is 10.5. The van der Waals surface area contributed by atoms with Crippen LogP contribution in [0.3, 0.4) is 0 Å². The maximum atomic E-state index is 13.7. The Hall–Kier alpha value is -2.95. The van der Waals surface area contributed by atoms with Gasteiger partial charge in [0.1, 0.15) is 17.4 Å². The highest BCUT2D eigenvalue weighted by atomic mass is 79.9. The van der Waals surface area contributed by atoms with Gasteiger partial charge in [-0.3, -0.25) is 14.4 Å². The second-order valence-electron chi connectivity index (χ2n) is 9.34. The Labute approximate surface area is 217 Å². The summed E-state index contributed by atoms with van der Waals surface area (Å²) in [6, 6.07) is 15.4. The zero-order valence-corrected chi connectivity index (χ0v) is 21.3. The molecule has 3 saturated heterocycles. The van der Waals surface area contributed by atoms with E-state index in [-0.39, 0.29) is 29.8 Å². The molecular formula is C26H28BrN3O6. The minimum atomic E-state index is -1.17. The van der Waals surface area contributed by atoms with Crippen molar-refractivity contribution in [2.75, 3.05) is 25.6 Å². The summed E-state index contributed by atoms with van der Waals surface area (Å²) in [7, 11) is 1.56. The number of anilines is 1. The summed E-state index contributed by atoms with van der Waals surface area (Å²) >= 11 is 3.64. The van der Waals surface area contributed by atoms with Crippen molar-refractivity contribution in [2.45, 2.75) is 35.5 Å². The SMILES string of the molecule is COc1ccc(NC(=O)C2N(CCO)C(=O)[C@@H]3[C@@H](C(=O)NCc4ccccc4)[C@@H]4OC23CC4Br)cc1. The van der Waals surface area contributed by atoms with Gasteiger partial charge in [-0.2, -0.15) is 0 Å². The molecule has 2 aromatic rings. The van der Waals surface area contributed by atoms with Crippen LogP contribution in [0.25, 0.3) is 0 Å². The monoisotopic (exact) mass is 557 g/mol. The lowest BCUT2D eigenvalue weighted by Crippen LogP contribution is -2.54. The fourth-order valence-corrected chi connectivity index (χ4v) is 6.81. The summed E-state index contributed by atoms with van der Waals surface area (Å²) in [5.41, 5.74) is 0.310. The van der Waals surface area contributed by atoms with Crippen LogP contribution in [0.2, 0.25) is 0 Å². The zero-order chi connectivity index (χ0) is 25.4. The van der Waals surface area contributed by atoms with E-state index in [4.69, 9.17) is 9.47 Å². The molecule has 190 valence electrons. The summed E-state index contributed by atoms with van der Waals surface area (Å²) in [5.74, 6) is -1.97. The Morgan fingerprint density at radius 3 is 2.56 bits per heavy atom. The number of methoxy groups -OCH3 is 1. The molecule has 1 spiro atoms. The average molecular weight is 558 g/mol. The summed E-state index contributed by atoms with van der Waals surface area (Å²) in [6.45, 7) is -0.0183. The van der Waals surface area contributed by atoms with Gasteiger partial charge in [0.2, 0.25) is 17.7 Å². The molecule has 6 atom stereocenters. The Kier molecular flexibility index (Phi) is 6.76. The standard InChI is InChI=1S/C26H28BrN3O6/c1-35-17-9-7-16(8-10-17)29-24(33)22-26-13-18(27)21(36-26)19(20(26)25(34)30(22)11-12-31)23(32)28-14-15-5-3-2-4-6-15/h2-10,18-22,31H,11-14H2,1H3,(H,28,32)(H,29,33)/t18?,19-,20+,21-,22?,26?/m1/s1. The number of nitrogens with one attached hydrogen (secondary N) is 2. The van der Waals surface area contributed by atoms with Gasteiger partial charge in [-0.15, -0.1) is 0 Å². The van der Waals surface area contributed by atoms with Crippen molar-refractivity contribution < 1.29 is 29.0 Å². The minimum Gasteiger partial charge on any atom is -0.497 e. The van der Waals surface area contributed by atoms with E-state index in [1.54, 1.807) is 31.4 Å². The van der Waals surface area contributed by atoms with E-state index in [1.165, 1.54) is 4.90 Å². The first-order valence-corrected chi connectivity index (χ1v) is 12.8. The summed E-state index contributed by atoms with van der Waals surface area (Å²) in [6.07, 6.45) is -0.138. The molecule has 3 aliphatic heterocycles. The van der Waals surface area contributed by atoms with E-state index in [1.807, 2.05) is 30.3 Å². The van der Waals surface area contributed by atoms with Crippen LogP contribution in [0.15, 0.2) is 54.6 Å². The second kappa shape index (κ2) is 9.84. The molecule has 3 heterocycles. The number of halogens is 1. The molecule has 3 unspecified atom stereocenters. The van der Waals surface area contributed by atoms with E-state index in [9.17, 15) is 19.5 Å². The lowest BCUT2D eigenvalue weighted by Gasteiger charge is -2.34. The van der Waals surface area contributed by atoms with Crippen molar-refractivity contribution in [3.8, 4) is 5.75 Å². The van der Waals surface area contributed by atoms with E-state index in [2.05, 4.69) is 26.6 Å². The molecule has 0 saturated carbocycles. The maximum absolute atomic E-state index is 13.7. The van der Waals surface area contributed by atoms with Gasteiger partial charge < -0.3 is 30.1 Å². The summed E-state index contributed by atoms with van der Waals surface area (Å²) < 4.78 is 11.6. The number of benzene rings is 2. The van der Waals surface area contributed by atoms with Gasteiger partial charge in [0.15, 0.2) is 0 Å². The van der Waals surface area contributed by atoms with E-state index in [0.29, 0.717) is 24.4 Å². The Morgan fingerprint density at radius 2 is 1.89 bits per heavy atom. The molecule has 3 aliphatic rings. The van der Waals surface area contributed by atoms with Crippen LogP contribution >= 0.6 is 15.9 Å². The van der Waals surface area contributed by atoms with Crippen molar-refractivity contribution in [3.05, 3.63) is 60.2 Å². The normalized spacial score (nSPS) is 30.2. The van der Waals surface area contributed by atoms with E-state index < -0.39 is 35.5 Å². The third-order valence-electron chi connectivity index (χ3n) is 7.35. The number of carbonyl (C=O) groups is 3. The number of alkyl halides is 1. The smallest absolute Gasteiger partial charge is 0.250 e. The molecule has 2 bridgehead atoms. The highest BCUT2D eigenvalue weighted by Crippen LogP contribution is 2.60. The van der Waals surface area contributed by atoms with Crippen molar-refractivity contribution in [1.82, 2.24) is 10.2 Å². The molecule has 36 heavy (non-hydrogen) atoms. The number of nitrogens with zero attached hydrogens (tertiary/aromatic N) is 1. The number of hydrogen-bond donors (Lipinski definition) is 3. The number of amides is 3. The topological polar surface area (TPSA) is 117 Å². The highest BCUT2D eigenvalue weighted by molar-refractivity contribution is 9.09. The fourth-order valence-electron chi connectivity index (χ4n) is 5.87. The molecule has 10 heteroatoms. The first-order valence-electron chi connectivity index (χ1n) is 11.9. The molecule has 5 rings (SSSR count). The third-order valence-corrected chi connectivity index (χ3v) is 8.19. The van der Waals surface area contributed by atoms with Crippen molar-refractivity contribution in [2.24, 2.45) is 11.8 Å². The van der Waals surface area contributed by atoms with Gasteiger partial charge >= 0.3 is 0 Å². The van der Waals surface area contributed by atoms with Gasteiger partial charge in [0.05, 0.1) is 31.7 Å². The van der Waals surface area contributed by atoms with Crippen molar-refractivity contribution in [1.29, 1.82) is 0 Å². The van der Waals surface area contributed by atoms with Crippen LogP contribution in [0.1, 0.15) is 12.0 Å². The van der Waals surface area contributed by atoms with E-state index in [0.717, 1.165) is 5.56 Å². The number of rotatable bonds is 8. The molecule has 3 N–H and O–H groups in total.